The van der Waals surface area contributed by atoms with Crippen LogP contribution in [0.25, 0.3) is 11.4 Å². The zero-order chi connectivity index (χ0) is 19.7. The maximum Gasteiger partial charge on any atom is 0.255 e. The number of aromatic nitrogens is 4. The molecule has 0 aromatic carbocycles. The number of Topliss-reactive ketones (excluding diaryl/α,β-unsaturated/α-hetero) is 1. The Hall–Kier alpha value is -2.58. The molecule has 144 valence electrons. The van der Waals surface area contributed by atoms with Crippen molar-refractivity contribution in [1.29, 1.82) is 0 Å². The van der Waals surface area contributed by atoms with Crippen LogP contribution >= 0.6 is 22.9 Å². The predicted octanol–water partition coefficient (Wildman–Crippen LogP) is 3.05. The molecule has 7 nitrogen and oxygen atoms in total. The predicted molar refractivity (Wildman–Crippen MR) is 109 cm³/mol. The molecule has 0 amide bonds. The van der Waals surface area contributed by atoms with Gasteiger partial charge in [-0.05, 0) is 31.0 Å². The van der Waals surface area contributed by atoms with Gasteiger partial charge in [-0.1, -0.05) is 11.6 Å². The highest BCUT2D eigenvalue weighted by Gasteiger charge is 2.29. The Morgan fingerprint density at radius 1 is 1.29 bits per heavy atom. The number of piperidine rings is 1. The van der Waals surface area contributed by atoms with E-state index in [1.165, 1.54) is 28.3 Å². The summed E-state index contributed by atoms with van der Waals surface area (Å²) in [7, 11) is 1.69. The number of hydrogen-bond donors (Lipinski definition) is 0. The smallest absolute Gasteiger partial charge is 0.255 e. The normalized spacial score (nSPS) is 16.9. The Morgan fingerprint density at radius 2 is 2.14 bits per heavy atom. The Balaban J connectivity index is 1.64. The van der Waals surface area contributed by atoms with Crippen molar-refractivity contribution in [2.45, 2.75) is 12.8 Å². The molecule has 1 unspecified atom stereocenters. The number of nitrogens with zero attached hydrogens (tertiary/aromatic N) is 5. The first-order valence-electron chi connectivity index (χ1n) is 8.92. The Morgan fingerprint density at radius 3 is 2.86 bits per heavy atom. The van der Waals surface area contributed by atoms with E-state index < -0.39 is 0 Å². The van der Waals surface area contributed by atoms with Crippen LogP contribution in [0.1, 0.15) is 22.5 Å². The van der Waals surface area contributed by atoms with Gasteiger partial charge >= 0.3 is 0 Å². The van der Waals surface area contributed by atoms with Crippen LogP contribution in [0.15, 0.2) is 41.6 Å². The van der Waals surface area contributed by atoms with Crippen LogP contribution in [0.3, 0.4) is 0 Å². The summed E-state index contributed by atoms with van der Waals surface area (Å²) in [6, 6.07) is 6.70. The van der Waals surface area contributed by atoms with E-state index in [0.29, 0.717) is 33.1 Å². The number of halogens is 1. The maximum absolute atomic E-state index is 12.8. The molecule has 1 aliphatic rings. The van der Waals surface area contributed by atoms with Crippen LogP contribution in [0.2, 0.25) is 4.34 Å². The first kappa shape index (κ1) is 18.8. The summed E-state index contributed by atoms with van der Waals surface area (Å²) in [4.78, 5) is 40.8. The fraction of sp³-hybridized carbons (Fsp3) is 0.316. The average Bonchev–Trinajstić information content (AvgIpc) is 3.16. The number of hydrogen-bond acceptors (Lipinski definition) is 7. The molecular weight excluding hydrogens is 398 g/mol. The van der Waals surface area contributed by atoms with E-state index in [1.54, 1.807) is 31.4 Å². The monoisotopic (exact) mass is 415 g/mol. The van der Waals surface area contributed by atoms with Gasteiger partial charge < -0.3 is 4.90 Å². The summed E-state index contributed by atoms with van der Waals surface area (Å²) in [5.41, 5.74) is 0.919. The third-order valence-electron chi connectivity index (χ3n) is 4.85. The summed E-state index contributed by atoms with van der Waals surface area (Å²) >= 11 is 7.28. The Kier molecular flexibility index (Phi) is 5.23. The maximum atomic E-state index is 12.8. The molecule has 3 aromatic heterocycles. The Bertz CT molecular complexity index is 1070. The van der Waals surface area contributed by atoms with Gasteiger partial charge in [0.15, 0.2) is 5.78 Å². The van der Waals surface area contributed by atoms with E-state index in [1.807, 2.05) is 4.90 Å². The summed E-state index contributed by atoms with van der Waals surface area (Å²) in [6.45, 7) is 1.25. The van der Waals surface area contributed by atoms with Gasteiger partial charge in [-0.15, -0.1) is 11.3 Å². The minimum atomic E-state index is -0.169. The van der Waals surface area contributed by atoms with Gasteiger partial charge in [0.05, 0.1) is 20.6 Å². The molecule has 0 aliphatic carbocycles. The van der Waals surface area contributed by atoms with E-state index in [4.69, 9.17) is 11.6 Å². The lowest BCUT2D eigenvalue weighted by Gasteiger charge is -2.33. The quantitative estimate of drug-likeness (QED) is 0.609. The molecule has 0 saturated carbocycles. The fourth-order valence-corrected chi connectivity index (χ4v) is 4.47. The second-order valence-electron chi connectivity index (χ2n) is 6.69. The lowest BCUT2D eigenvalue weighted by atomic mass is 9.93. The number of carbonyl (C=O) groups is 1. The fourth-order valence-electron chi connectivity index (χ4n) is 3.40. The van der Waals surface area contributed by atoms with E-state index >= 15 is 0 Å². The van der Waals surface area contributed by atoms with Gasteiger partial charge in [-0.25, -0.2) is 15.0 Å². The van der Waals surface area contributed by atoms with E-state index in [0.717, 1.165) is 19.4 Å². The zero-order valence-corrected chi connectivity index (χ0v) is 16.8. The van der Waals surface area contributed by atoms with Crippen molar-refractivity contribution in [3.05, 3.63) is 56.4 Å². The number of carbonyl (C=O) groups excluding carboxylic acids is 1. The summed E-state index contributed by atoms with van der Waals surface area (Å²) in [6.07, 6.45) is 4.70. The van der Waals surface area contributed by atoms with Crippen molar-refractivity contribution in [1.82, 2.24) is 19.5 Å². The second-order valence-corrected chi connectivity index (χ2v) is 8.40. The number of rotatable bonds is 4. The SMILES string of the molecule is Cn1c(N2CCCC(C(=O)c3ccc(Cl)s3)C2)nc(-c2ccncn2)cc1=O. The van der Waals surface area contributed by atoms with Crippen molar-refractivity contribution < 1.29 is 4.79 Å². The molecular formula is C19H18ClN5O2S. The molecule has 9 heteroatoms. The summed E-state index contributed by atoms with van der Waals surface area (Å²) < 4.78 is 2.12. The molecule has 0 N–H and O–H groups in total. The highest BCUT2D eigenvalue weighted by molar-refractivity contribution is 7.18. The summed E-state index contributed by atoms with van der Waals surface area (Å²) in [5, 5.41) is 0. The van der Waals surface area contributed by atoms with Gasteiger partial charge in [0.1, 0.15) is 6.33 Å². The van der Waals surface area contributed by atoms with Crippen molar-refractivity contribution in [3.8, 4) is 11.4 Å². The summed E-state index contributed by atoms with van der Waals surface area (Å²) in [5.74, 6) is 0.490. The van der Waals surface area contributed by atoms with Gasteiger partial charge in [-0.2, -0.15) is 0 Å². The minimum absolute atomic E-state index is 0.0959. The van der Waals surface area contributed by atoms with Gasteiger partial charge in [-0.3, -0.25) is 14.2 Å². The first-order valence-corrected chi connectivity index (χ1v) is 10.1. The highest BCUT2D eigenvalue weighted by Crippen LogP contribution is 2.29. The largest absolute Gasteiger partial charge is 0.341 e. The first-order chi connectivity index (χ1) is 13.5. The number of thiophene rings is 1. The third-order valence-corrected chi connectivity index (χ3v) is 6.09. The van der Waals surface area contributed by atoms with E-state index in [2.05, 4.69) is 15.0 Å². The third kappa shape index (κ3) is 3.70. The van der Waals surface area contributed by atoms with E-state index in [-0.39, 0.29) is 17.3 Å². The number of ketones is 1. The van der Waals surface area contributed by atoms with Crippen molar-refractivity contribution in [2.75, 3.05) is 18.0 Å². The van der Waals surface area contributed by atoms with Crippen molar-refractivity contribution >= 4 is 34.7 Å². The van der Waals surface area contributed by atoms with Gasteiger partial charge in [0.25, 0.3) is 5.56 Å². The zero-order valence-electron chi connectivity index (χ0n) is 15.2. The average molecular weight is 416 g/mol. The molecule has 0 spiro atoms. The lowest BCUT2D eigenvalue weighted by molar-refractivity contribution is 0.0911. The molecule has 1 fully saturated rings. The van der Waals surface area contributed by atoms with E-state index in [9.17, 15) is 9.59 Å². The van der Waals surface area contributed by atoms with Crippen LogP contribution in [-0.4, -0.2) is 38.4 Å². The highest BCUT2D eigenvalue weighted by atomic mass is 35.5. The van der Waals surface area contributed by atoms with Crippen LogP contribution in [0.4, 0.5) is 5.95 Å². The molecule has 1 saturated heterocycles. The molecule has 4 heterocycles. The molecule has 0 radical (unpaired) electrons. The standard InChI is InChI=1S/C19H18ClN5O2S/c1-24-17(26)9-14(13-6-7-21-11-22-13)23-19(24)25-8-2-3-12(10-25)18(27)15-4-5-16(20)28-15/h4-7,9,11-12H,2-3,8,10H2,1H3. The molecule has 4 rings (SSSR count). The molecule has 28 heavy (non-hydrogen) atoms. The minimum Gasteiger partial charge on any atom is -0.341 e. The van der Waals surface area contributed by atoms with Crippen molar-refractivity contribution in [2.24, 2.45) is 13.0 Å². The van der Waals surface area contributed by atoms with Gasteiger partial charge in [0.2, 0.25) is 5.95 Å². The molecule has 1 atom stereocenters. The molecule has 0 bridgehead atoms. The topological polar surface area (TPSA) is 81.0 Å². The lowest BCUT2D eigenvalue weighted by Crippen LogP contribution is -2.41. The second kappa shape index (κ2) is 7.81. The van der Waals surface area contributed by atoms with Gasteiger partial charge in [0, 0.05) is 38.3 Å². The Labute approximate surface area is 170 Å². The van der Waals surface area contributed by atoms with Crippen LogP contribution in [0.5, 0.6) is 0 Å². The van der Waals surface area contributed by atoms with Crippen LogP contribution in [0, 0.1) is 5.92 Å². The molecule has 1 aliphatic heterocycles. The molecule has 3 aromatic rings. The van der Waals surface area contributed by atoms with Crippen LogP contribution < -0.4 is 10.5 Å². The number of anilines is 1. The van der Waals surface area contributed by atoms with Crippen LogP contribution in [-0.2, 0) is 7.05 Å². The van der Waals surface area contributed by atoms with Crippen molar-refractivity contribution in [3.63, 3.8) is 0 Å².